The minimum atomic E-state index is -0.210. The molecule has 2 aromatic rings. The van der Waals surface area contributed by atoms with Crippen LogP contribution in [0.5, 0.6) is 0 Å². The summed E-state index contributed by atoms with van der Waals surface area (Å²) in [6.45, 7) is 3.86. The van der Waals surface area contributed by atoms with Crippen molar-refractivity contribution in [1.29, 1.82) is 0 Å². The number of carbonyl (C=O) groups is 2. The van der Waals surface area contributed by atoms with Crippen molar-refractivity contribution in [2.24, 2.45) is 5.92 Å². The normalized spacial score (nSPS) is 15.0. The van der Waals surface area contributed by atoms with E-state index in [1.54, 1.807) is 12.1 Å². The van der Waals surface area contributed by atoms with Gasteiger partial charge in [-0.1, -0.05) is 49.4 Å². The molecule has 25 heavy (non-hydrogen) atoms. The predicted octanol–water partition coefficient (Wildman–Crippen LogP) is 3.34. The molecule has 0 aliphatic carbocycles. The Morgan fingerprint density at radius 2 is 1.56 bits per heavy atom. The zero-order valence-corrected chi connectivity index (χ0v) is 14.6. The smallest absolute Gasteiger partial charge is 0.251 e. The maximum atomic E-state index is 12.2. The summed E-state index contributed by atoms with van der Waals surface area (Å²) in [5.74, 6) is 0.473. The standard InChI is InChI=1S/C21H24N2O2/c1-16-11-13-23(14-12-16)20(24)15-22-21(25)19-9-7-18(8-10-19)17-5-3-2-4-6-17/h2-10,16H,11-15H2,1H3,(H,22,25). The first-order valence-corrected chi connectivity index (χ1v) is 8.85. The number of hydrogen-bond acceptors (Lipinski definition) is 2. The summed E-state index contributed by atoms with van der Waals surface area (Å²) in [5, 5.41) is 2.74. The van der Waals surface area contributed by atoms with Crippen LogP contribution in [0.2, 0.25) is 0 Å². The third kappa shape index (κ3) is 4.47. The molecule has 4 heteroatoms. The topological polar surface area (TPSA) is 49.4 Å². The first kappa shape index (κ1) is 17.2. The van der Waals surface area contributed by atoms with E-state index in [-0.39, 0.29) is 18.4 Å². The molecule has 1 saturated heterocycles. The van der Waals surface area contributed by atoms with Gasteiger partial charge in [0.2, 0.25) is 5.91 Å². The van der Waals surface area contributed by atoms with Crippen molar-refractivity contribution >= 4 is 11.8 Å². The van der Waals surface area contributed by atoms with Crippen LogP contribution in [0.15, 0.2) is 54.6 Å². The molecular weight excluding hydrogens is 312 g/mol. The highest BCUT2D eigenvalue weighted by Crippen LogP contribution is 2.19. The van der Waals surface area contributed by atoms with Crippen molar-refractivity contribution in [3.63, 3.8) is 0 Å². The Hall–Kier alpha value is -2.62. The van der Waals surface area contributed by atoms with Crippen LogP contribution in [-0.2, 0) is 4.79 Å². The monoisotopic (exact) mass is 336 g/mol. The van der Waals surface area contributed by atoms with Gasteiger partial charge in [0, 0.05) is 18.7 Å². The van der Waals surface area contributed by atoms with Crippen LogP contribution in [0.3, 0.4) is 0 Å². The number of benzene rings is 2. The zero-order valence-electron chi connectivity index (χ0n) is 14.6. The van der Waals surface area contributed by atoms with Crippen molar-refractivity contribution < 1.29 is 9.59 Å². The van der Waals surface area contributed by atoms with E-state index in [2.05, 4.69) is 12.2 Å². The second-order valence-electron chi connectivity index (χ2n) is 6.69. The number of hydrogen-bond donors (Lipinski definition) is 1. The van der Waals surface area contributed by atoms with Crippen LogP contribution < -0.4 is 5.32 Å². The van der Waals surface area contributed by atoms with Crippen LogP contribution in [0.1, 0.15) is 30.1 Å². The minimum absolute atomic E-state index is 0.00107. The summed E-state index contributed by atoms with van der Waals surface area (Å²) >= 11 is 0. The van der Waals surface area contributed by atoms with Gasteiger partial charge in [-0.15, -0.1) is 0 Å². The average molecular weight is 336 g/mol. The third-order valence-corrected chi connectivity index (χ3v) is 4.79. The number of nitrogens with one attached hydrogen (secondary N) is 1. The fourth-order valence-electron chi connectivity index (χ4n) is 3.07. The lowest BCUT2D eigenvalue weighted by molar-refractivity contribution is -0.131. The summed E-state index contributed by atoms with van der Waals surface area (Å²) < 4.78 is 0. The van der Waals surface area contributed by atoms with Gasteiger partial charge in [-0.3, -0.25) is 9.59 Å². The number of rotatable bonds is 4. The third-order valence-electron chi connectivity index (χ3n) is 4.79. The Kier molecular flexibility index (Phi) is 5.49. The van der Waals surface area contributed by atoms with Crippen LogP contribution in [0.4, 0.5) is 0 Å². The minimum Gasteiger partial charge on any atom is -0.343 e. The molecule has 2 amide bonds. The predicted molar refractivity (Wildman–Crippen MR) is 99.2 cm³/mol. The van der Waals surface area contributed by atoms with Gasteiger partial charge >= 0.3 is 0 Å². The summed E-state index contributed by atoms with van der Waals surface area (Å²) in [6.07, 6.45) is 2.08. The second kappa shape index (κ2) is 7.97. The summed E-state index contributed by atoms with van der Waals surface area (Å²) in [4.78, 5) is 26.3. The molecule has 1 N–H and O–H groups in total. The molecule has 0 unspecified atom stereocenters. The molecule has 0 bridgehead atoms. The quantitative estimate of drug-likeness (QED) is 0.931. The molecule has 130 valence electrons. The van der Waals surface area contributed by atoms with Gasteiger partial charge < -0.3 is 10.2 Å². The van der Waals surface area contributed by atoms with Gasteiger partial charge in [0.1, 0.15) is 0 Å². The highest BCUT2D eigenvalue weighted by molar-refractivity contribution is 5.96. The molecule has 1 fully saturated rings. The molecule has 1 aliphatic heterocycles. The van der Waals surface area contributed by atoms with Gasteiger partial charge in [0.05, 0.1) is 6.54 Å². The van der Waals surface area contributed by atoms with E-state index in [1.165, 1.54) is 0 Å². The van der Waals surface area contributed by atoms with Crippen LogP contribution >= 0.6 is 0 Å². The zero-order chi connectivity index (χ0) is 17.6. The maximum absolute atomic E-state index is 12.2. The molecule has 0 saturated carbocycles. The van der Waals surface area contributed by atoms with E-state index < -0.39 is 0 Å². The molecule has 0 spiro atoms. The average Bonchev–Trinajstić information content (AvgIpc) is 2.67. The number of nitrogens with zero attached hydrogens (tertiary/aromatic N) is 1. The summed E-state index contributed by atoms with van der Waals surface area (Å²) in [6, 6.07) is 17.5. The molecule has 0 radical (unpaired) electrons. The van der Waals surface area contributed by atoms with E-state index in [4.69, 9.17) is 0 Å². The highest BCUT2D eigenvalue weighted by Gasteiger charge is 2.20. The van der Waals surface area contributed by atoms with Gasteiger partial charge in [-0.05, 0) is 42.0 Å². The Labute approximate surface area is 148 Å². The van der Waals surface area contributed by atoms with Gasteiger partial charge in [-0.25, -0.2) is 0 Å². The number of carbonyl (C=O) groups excluding carboxylic acids is 2. The molecule has 1 heterocycles. The van der Waals surface area contributed by atoms with Crippen molar-refractivity contribution in [2.75, 3.05) is 19.6 Å². The van der Waals surface area contributed by atoms with Crippen LogP contribution in [0.25, 0.3) is 11.1 Å². The van der Waals surface area contributed by atoms with Crippen molar-refractivity contribution in [1.82, 2.24) is 10.2 Å². The van der Waals surface area contributed by atoms with Crippen LogP contribution in [-0.4, -0.2) is 36.3 Å². The first-order valence-electron chi connectivity index (χ1n) is 8.85. The second-order valence-corrected chi connectivity index (χ2v) is 6.69. The Bertz CT molecular complexity index is 717. The van der Waals surface area contributed by atoms with Crippen LogP contribution in [0, 0.1) is 5.92 Å². The fraction of sp³-hybridized carbons (Fsp3) is 0.333. The molecule has 4 nitrogen and oxygen atoms in total. The number of likely N-dealkylation sites (tertiary alicyclic amines) is 1. The molecule has 1 aliphatic rings. The van der Waals surface area contributed by atoms with E-state index in [0.29, 0.717) is 11.5 Å². The largest absolute Gasteiger partial charge is 0.343 e. The lowest BCUT2D eigenvalue weighted by Crippen LogP contribution is -2.43. The molecule has 2 aromatic carbocycles. The lowest BCUT2D eigenvalue weighted by Gasteiger charge is -2.30. The Morgan fingerprint density at radius 3 is 2.20 bits per heavy atom. The van der Waals surface area contributed by atoms with E-state index in [9.17, 15) is 9.59 Å². The number of amides is 2. The molecule has 0 atom stereocenters. The van der Waals surface area contributed by atoms with Gasteiger partial charge in [-0.2, -0.15) is 0 Å². The Balaban J connectivity index is 1.54. The summed E-state index contributed by atoms with van der Waals surface area (Å²) in [7, 11) is 0. The highest BCUT2D eigenvalue weighted by atomic mass is 16.2. The molecular formula is C21H24N2O2. The maximum Gasteiger partial charge on any atom is 0.251 e. The number of piperidine rings is 1. The lowest BCUT2D eigenvalue weighted by atomic mass is 9.99. The molecule has 3 rings (SSSR count). The van der Waals surface area contributed by atoms with Gasteiger partial charge in [0.15, 0.2) is 0 Å². The van der Waals surface area contributed by atoms with Crippen molar-refractivity contribution in [3.8, 4) is 11.1 Å². The van der Waals surface area contributed by atoms with E-state index >= 15 is 0 Å². The summed E-state index contributed by atoms with van der Waals surface area (Å²) in [5.41, 5.74) is 2.75. The van der Waals surface area contributed by atoms with Crippen molar-refractivity contribution in [2.45, 2.75) is 19.8 Å². The van der Waals surface area contributed by atoms with Gasteiger partial charge in [0.25, 0.3) is 5.91 Å². The van der Waals surface area contributed by atoms with E-state index in [1.807, 2.05) is 47.4 Å². The Morgan fingerprint density at radius 1 is 0.960 bits per heavy atom. The van der Waals surface area contributed by atoms with E-state index in [0.717, 1.165) is 37.1 Å². The SMILES string of the molecule is CC1CCN(C(=O)CNC(=O)c2ccc(-c3ccccc3)cc2)CC1. The fourth-order valence-corrected chi connectivity index (χ4v) is 3.07. The molecule has 0 aromatic heterocycles. The van der Waals surface area contributed by atoms with Crippen molar-refractivity contribution in [3.05, 3.63) is 60.2 Å². The first-order chi connectivity index (χ1) is 12.1.